The van der Waals surface area contributed by atoms with Crippen molar-refractivity contribution in [1.82, 2.24) is 0 Å². The zero-order chi connectivity index (χ0) is 26.6. The van der Waals surface area contributed by atoms with E-state index in [1.54, 1.807) is 18.2 Å². The normalized spacial score (nSPS) is 11.5. The van der Waals surface area contributed by atoms with E-state index in [1.165, 1.54) is 79.8 Å². The molecule has 37 heavy (non-hydrogen) atoms. The second-order valence-electron chi connectivity index (χ2n) is 7.92. The van der Waals surface area contributed by atoms with Crippen molar-refractivity contribution in [2.75, 3.05) is 21.4 Å². The minimum absolute atomic E-state index is 0.0400. The summed E-state index contributed by atoms with van der Waals surface area (Å²) >= 11 is 0. The fraction of sp³-hybridized carbons (Fsp3) is 0.0385. The molecule has 0 radical (unpaired) electrons. The SMILES string of the molecule is CN(c1ccc(C(=O)Nc2ccc(S(=O)(=O)Nc3ccc(F)cc3)cc2)cc1)S(=O)(=O)c1ccccc1. The van der Waals surface area contributed by atoms with Crippen LogP contribution in [0.5, 0.6) is 0 Å². The molecule has 0 aliphatic heterocycles. The number of benzene rings is 4. The summed E-state index contributed by atoms with van der Waals surface area (Å²) in [6.07, 6.45) is 0. The highest BCUT2D eigenvalue weighted by molar-refractivity contribution is 7.93. The van der Waals surface area contributed by atoms with Gasteiger partial charge in [-0.2, -0.15) is 0 Å². The number of anilines is 3. The molecule has 4 aromatic carbocycles. The highest BCUT2D eigenvalue weighted by atomic mass is 32.2. The average Bonchev–Trinajstić information content (AvgIpc) is 2.90. The van der Waals surface area contributed by atoms with Crippen LogP contribution in [-0.2, 0) is 20.0 Å². The molecule has 0 fully saturated rings. The van der Waals surface area contributed by atoms with Gasteiger partial charge >= 0.3 is 0 Å². The third-order valence-electron chi connectivity index (χ3n) is 5.41. The fourth-order valence-corrected chi connectivity index (χ4v) is 5.64. The molecular formula is C26H22FN3O5S2. The van der Waals surface area contributed by atoms with Crippen LogP contribution in [0.3, 0.4) is 0 Å². The summed E-state index contributed by atoms with van der Waals surface area (Å²) in [4.78, 5) is 12.8. The number of nitrogens with one attached hydrogen (secondary N) is 2. The minimum Gasteiger partial charge on any atom is -0.322 e. The summed E-state index contributed by atoms with van der Waals surface area (Å²) in [5.74, 6) is -0.943. The molecule has 0 bridgehead atoms. The lowest BCUT2D eigenvalue weighted by molar-refractivity contribution is 0.102. The Hall–Kier alpha value is -4.22. The van der Waals surface area contributed by atoms with Gasteiger partial charge in [0.15, 0.2) is 0 Å². The van der Waals surface area contributed by atoms with Crippen LogP contribution in [0.2, 0.25) is 0 Å². The Morgan fingerprint density at radius 2 is 1.27 bits per heavy atom. The van der Waals surface area contributed by atoms with Crippen LogP contribution in [0.1, 0.15) is 10.4 Å². The molecule has 0 aliphatic carbocycles. The molecule has 2 N–H and O–H groups in total. The molecule has 190 valence electrons. The van der Waals surface area contributed by atoms with Crippen LogP contribution in [0.4, 0.5) is 21.5 Å². The second-order valence-corrected chi connectivity index (χ2v) is 11.6. The zero-order valence-corrected chi connectivity index (χ0v) is 21.1. The number of rotatable bonds is 8. The molecule has 0 saturated heterocycles. The van der Waals surface area contributed by atoms with Crippen LogP contribution >= 0.6 is 0 Å². The maximum absolute atomic E-state index is 13.0. The summed E-state index contributed by atoms with van der Waals surface area (Å²) in [7, 11) is -6.23. The van der Waals surface area contributed by atoms with Crippen molar-refractivity contribution < 1.29 is 26.0 Å². The number of hydrogen-bond acceptors (Lipinski definition) is 5. The number of hydrogen-bond donors (Lipinski definition) is 2. The van der Waals surface area contributed by atoms with Crippen LogP contribution in [0, 0.1) is 5.82 Å². The summed E-state index contributed by atoms with van der Waals surface area (Å²) in [6.45, 7) is 0. The number of nitrogens with zero attached hydrogens (tertiary/aromatic N) is 1. The Kier molecular flexibility index (Phi) is 7.28. The van der Waals surface area contributed by atoms with Crippen molar-refractivity contribution in [3.8, 4) is 0 Å². The van der Waals surface area contributed by atoms with Gasteiger partial charge in [0.05, 0.1) is 15.5 Å². The van der Waals surface area contributed by atoms with E-state index in [2.05, 4.69) is 10.0 Å². The molecule has 0 aromatic heterocycles. The van der Waals surface area contributed by atoms with Gasteiger partial charge in [0, 0.05) is 24.0 Å². The first kappa shape index (κ1) is 25.9. The molecule has 4 aromatic rings. The number of carbonyl (C=O) groups is 1. The van der Waals surface area contributed by atoms with Gasteiger partial charge in [-0.3, -0.25) is 13.8 Å². The Labute approximate surface area is 214 Å². The van der Waals surface area contributed by atoms with E-state index < -0.39 is 31.8 Å². The van der Waals surface area contributed by atoms with E-state index >= 15 is 0 Å². The lowest BCUT2D eigenvalue weighted by atomic mass is 10.2. The zero-order valence-electron chi connectivity index (χ0n) is 19.5. The minimum atomic E-state index is -3.91. The standard InChI is InChI=1S/C26H22FN3O5S2/c1-30(37(34,35)25-5-3-2-4-6-25)23-15-7-19(8-16-23)26(31)28-21-13-17-24(18-14-21)36(32,33)29-22-11-9-20(27)10-12-22/h2-18,29H,1H3,(H,28,31). The van der Waals surface area contributed by atoms with E-state index in [-0.39, 0.29) is 21.0 Å². The molecule has 11 heteroatoms. The smallest absolute Gasteiger partial charge is 0.264 e. The van der Waals surface area contributed by atoms with Gasteiger partial charge in [-0.15, -0.1) is 0 Å². The van der Waals surface area contributed by atoms with Crippen molar-refractivity contribution in [2.45, 2.75) is 9.79 Å². The molecule has 0 saturated carbocycles. The van der Waals surface area contributed by atoms with E-state index in [4.69, 9.17) is 0 Å². The highest BCUT2D eigenvalue weighted by Gasteiger charge is 2.21. The van der Waals surface area contributed by atoms with Crippen molar-refractivity contribution in [1.29, 1.82) is 0 Å². The fourth-order valence-electron chi connectivity index (χ4n) is 3.36. The predicted octanol–water partition coefficient (Wildman–Crippen LogP) is 4.70. The quantitative estimate of drug-likeness (QED) is 0.337. The molecule has 0 atom stereocenters. The second kappa shape index (κ2) is 10.4. The van der Waals surface area contributed by atoms with E-state index in [1.807, 2.05) is 0 Å². The van der Waals surface area contributed by atoms with Crippen molar-refractivity contribution in [3.05, 3.63) is 115 Å². The summed E-state index contributed by atoms with van der Waals surface area (Å²) in [5, 5.41) is 2.67. The van der Waals surface area contributed by atoms with Crippen molar-refractivity contribution >= 4 is 43.0 Å². The molecule has 4 rings (SSSR count). The highest BCUT2D eigenvalue weighted by Crippen LogP contribution is 2.23. The van der Waals surface area contributed by atoms with E-state index in [9.17, 15) is 26.0 Å². The van der Waals surface area contributed by atoms with Crippen molar-refractivity contribution in [2.24, 2.45) is 0 Å². The average molecular weight is 540 g/mol. The number of sulfonamides is 2. The van der Waals surface area contributed by atoms with Crippen molar-refractivity contribution in [3.63, 3.8) is 0 Å². The molecule has 8 nitrogen and oxygen atoms in total. The lowest BCUT2D eigenvalue weighted by Gasteiger charge is -2.19. The molecule has 0 heterocycles. The summed E-state index contributed by atoms with van der Waals surface area (Å²) < 4.78 is 67.2. The third-order valence-corrected chi connectivity index (χ3v) is 8.61. The number of carbonyl (C=O) groups excluding carboxylic acids is 1. The first-order chi connectivity index (χ1) is 17.6. The lowest BCUT2D eigenvalue weighted by Crippen LogP contribution is -2.26. The molecule has 0 aliphatic rings. The summed E-state index contributed by atoms with van der Waals surface area (Å²) in [6, 6.07) is 24.5. The van der Waals surface area contributed by atoms with Gasteiger partial charge < -0.3 is 5.32 Å². The maximum Gasteiger partial charge on any atom is 0.264 e. The van der Waals surface area contributed by atoms with E-state index in [0.717, 1.165) is 16.4 Å². The first-order valence-electron chi connectivity index (χ1n) is 10.9. The molecule has 0 unspecified atom stereocenters. The van der Waals surface area contributed by atoms with Gasteiger partial charge in [-0.25, -0.2) is 21.2 Å². The monoisotopic (exact) mass is 539 g/mol. The Morgan fingerprint density at radius 3 is 1.86 bits per heavy atom. The van der Waals surface area contributed by atoms with Gasteiger partial charge in [-0.05, 0) is 84.9 Å². The first-order valence-corrected chi connectivity index (χ1v) is 13.8. The van der Waals surface area contributed by atoms with Gasteiger partial charge in [0.1, 0.15) is 5.82 Å². The molecule has 1 amide bonds. The third kappa shape index (κ3) is 5.96. The number of halogens is 1. The van der Waals surface area contributed by atoms with Crippen LogP contribution in [0.15, 0.2) is 113 Å². The predicted molar refractivity (Wildman–Crippen MR) is 140 cm³/mol. The maximum atomic E-state index is 13.0. The molecule has 0 spiro atoms. The van der Waals surface area contributed by atoms with Gasteiger partial charge in [0.2, 0.25) is 0 Å². The molecular weight excluding hydrogens is 517 g/mol. The van der Waals surface area contributed by atoms with E-state index in [0.29, 0.717) is 11.4 Å². The van der Waals surface area contributed by atoms with Crippen LogP contribution < -0.4 is 14.3 Å². The van der Waals surface area contributed by atoms with Crippen LogP contribution in [-0.4, -0.2) is 29.8 Å². The summed E-state index contributed by atoms with van der Waals surface area (Å²) in [5.41, 5.74) is 1.23. The topological polar surface area (TPSA) is 113 Å². The Balaban J connectivity index is 1.42. The Bertz CT molecular complexity index is 1610. The van der Waals surface area contributed by atoms with Crippen LogP contribution in [0.25, 0.3) is 0 Å². The Morgan fingerprint density at radius 1 is 0.703 bits per heavy atom. The van der Waals surface area contributed by atoms with Gasteiger partial charge in [-0.1, -0.05) is 18.2 Å². The largest absolute Gasteiger partial charge is 0.322 e. The number of amides is 1. The van der Waals surface area contributed by atoms with Gasteiger partial charge in [0.25, 0.3) is 26.0 Å².